The zero-order chi connectivity index (χ0) is 24.2. The van der Waals surface area contributed by atoms with Crippen LogP contribution in [0.4, 0.5) is 0 Å². The third-order valence-electron chi connectivity index (χ3n) is 6.49. The van der Waals surface area contributed by atoms with Crippen molar-refractivity contribution in [2.75, 3.05) is 13.2 Å². The fourth-order valence-corrected chi connectivity index (χ4v) is 4.43. The predicted molar refractivity (Wildman–Crippen MR) is 137 cm³/mol. The van der Waals surface area contributed by atoms with Crippen molar-refractivity contribution in [1.29, 1.82) is 0 Å². The maximum Gasteiger partial charge on any atom is 0.194 e. The predicted octanol–water partition coefficient (Wildman–Crippen LogP) is 7.94. The fourth-order valence-electron chi connectivity index (χ4n) is 4.43. The molecule has 4 nitrogen and oxygen atoms in total. The van der Waals surface area contributed by atoms with Crippen LogP contribution in [-0.4, -0.2) is 24.8 Å². The standard InChI is InChI=1S/C30H40O4/c1-3-5-7-9-11-13-19-33-23-15-17-25-27(21-23)29(31)26-18-16-24(22-28(26)30(25)32)34-20-14-12-10-8-6-4-2/h15-18,21-22H,3-14,19-20H2,1-2H3. The van der Waals surface area contributed by atoms with Crippen molar-refractivity contribution in [2.24, 2.45) is 0 Å². The Morgan fingerprint density at radius 3 is 1.29 bits per heavy atom. The van der Waals surface area contributed by atoms with Crippen LogP contribution in [0.25, 0.3) is 0 Å². The van der Waals surface area contributed by atoms with Gasteiger partial charge in [-0.2, -0.15) is 0 Å². The van der Waals surface area contributed by atoms with E-state index in [-0.39, 0.29) is 11.6 Å². The number of carbonyl (C=O) groups is 2. The Bertz CT molecular complexity index is 869. The zero-order valence-electron chi connectivity index (χ0n) is 21.0. The monoisotopic (exact) mass is 464 g/mol. The van der Waals surface area contributed by atoms with Crippen molar-refractivity contribution in [3.63, 3.8) is 0 Å². The SMILES string of the molecule is CCCCCCCCOc1ccc2c(c1)C(=O)c1ccc(OCCCCCCCC)cc1C2=O. The second-order valence-corrected chi connectivity index (χ2v) is 9.31. The summed E-state index contributed by atoms with van der Waals surface area (Å²) >= 11 is 0. The maximum atomic E-state index is 13.1. The summed E-state index contributed by atoms with van der Waals surface area (Å²) in [4.78, 5) is 26.3. The van der Waals surface area contributed by atoms with Crippen LogP contribution in [0.5, 0.6) is 11.5 Å². The average Bonchev–Trinajstić information content (AvgIpc) is 2.86. The summed E-state index contributed by atoms with van der Waals surface area (Å²) in [6.45, 7) is 5.69. The lowest BCUT2D eigenvalue weighted by Crippen LogP contribution is -2.21. The number of hydrogen-bond acceptors (Lipinski definition) is 4. The smallest absolute Gasteiger partial charge is 0.194 e. The Balaban J connectivity index is 1.55. The zero-order valence-corrected chi connectivity index (χ0v) is 21.0. The van der Waals surface area contributed by atoms with Gasteiger partial charge in [0.05, 0.1) is 13.2 Å². The van der Waals surface area contributed by atoms with Crippen LogP contribution in [-0.2, 0) is 0 Å². The molecule has 2 aromatic carbocycles. The van der Waals surface area contributed by atoms with E-state index < -0.39 is 0 Å². The molecule has 0 unspecified atom stereocenters. The Kier molecular flexibility index (Phi) is 10.7. The van der Waals surface area contributed by atoms with Crippen molar-refractivity contribution in [3.05, 3.63) is 58.7 Å². The summed E-state index contributed by atoms with van der Waals surface area (Å²) in [5.41, 5.74) is 1.74. The summed E-state index contributed by atoms with van der Waals surface area (Å²) in [5.74, 6) is 1.04. The van der Waals surface area contributed by atoms with E-state index in [1.165, 1.54) is 51.4 Å². The lowest BCUT2D eigenvalue weighted by Gasteiger charge is -2.19. The summed E-state index contributed by atoms with van der Waals surface area (Å²) < 4.78 is 11.7. The van der Waals surface area contributed by atoms with Gasteiger partial charge >= 0.3 is 0 Å². The van der Waals surface area contributed by atoms with E-state index in [1.54, 1.807) is 36.4 Å². The van der Waals surface area contributed by atoms with Gasteiger partial charge in [-0.1, -0.05) is 78.1 Å². The van der Waals surface area contributed by atoms with Crippen LogP contribution in [0.15, 0.2) is 36.4 Å². The van der Waals surface area contributed by atoms with Gasteiger partial charge in [-0.3, -0.25) is 9.59 Å². The lowest BCUT2D eigenvalue weighted by molar-refractivity contribution is 0.0978. The summed E-state index contributed by atoms with van der Waals surface area (Å²) in [6, 6.07) is 10.5. The average molecular weight is 465 g/mol. The molecule has 0 N–H and O–H groups in total. The first kappa shape index (κ1) is 26.0. The van der Waals surface area contributed by atoms with Gasteiger partial charge in [-0.15, -0.1) is 0 Å². The van der Waals surface area contributed by atoms with Crippen LogP contribution in [0, 0.1) is 0 Å². The number of unbranched alkanes of at least 4 members (excludes halogenated alkanes) is 10. The highest BCUT2D eigenvalue weighted by Crippen LogP contribution is 2.32. The third-order valence-corrected chi connectivity index (χ3v) is 6.49. The molecule has 1 aliphatic rings. The van der Waals surface area contributed by atoms with Crippen LogP contribution < -0.4 is 9.47 Å². The van der Waals surface area contributed by atoms with Crippen molar-refractivity contribution in [2.45, 2.75) is 90.9 Å². The van der Waals surface area contributed by atoms with E-state index in [1.807, 2.05) is 0 Å². The third kappa shape index (κ3) is 7.19. The minimum atomic E-state index is -0.128. The molecule has 0 aromatic heterocycles. The molecule has 0 saturated heterocycles. The van der Waals surface area contributed by atoms with Crippen LogP contribution in [0.2, 0.25) is 0 Å². The Labute approximate surface area is 205 Å². The molecule has 2 aromatic rings. The van der Waals surface area contributed by atoms with E-state index in [0.29, 0.717) is 47.0 Å². The van der Waals surface area contributed by atoms with E-state index >= 15 is 0 Å². The molecule has 1 aliphatic carbocycles. The van der Waals surface area contributed by atoms with Crippen molar-refractivity contribution >= 4 is 11.6 Å². The molecule has 0 radical (unpaired) electrons. The molecule has 0 fully saturated rings. The highest BCUT2D eigenvalue weighted by atomic mass is 16.5. The first-order chi connectivity index (χ1) is 16.7. The molecule has 3 rings (SSSR count). The number of hydrogen-bond donors (Lipinski definition) is 0. The van der Waals surface area contributed by atoms with Gasteiger partial charge in [0, 0.05) is 22.3 Å². The molecule has 34 heavy (non-hydrogen) atoms. The summed E-state index contributed by atoms with van der Waals surface area (Å²) in [5, 5.41) is 0. The highest BCUT2D eigenvalue weighted by Gasteiger charge is 2.30. The van der Waals surface area contributed by atoms with E-state index in [9.17, 15) is 9.59 Å². The number of benzene rings is 2. The number of carbonyl (C=O) groups excluding carboxylic acids is 2. The van der Waals surface area contributed by atoms with Crippen LogP contribution in [0.3, 0.4) is 0 Å². The first-order valence-corrected chi connectivity index (χ1v) is 13.3. The summed E-state index contributed by atoms with van der Waals surface area (Å²) in [7, 11) is 0. The lowest BCUT2D eigenvalue weighted by atomic mass is 9.84. The van der Waals surface area contributed by atoms with Gasteiger partial charge in [0.25, 0.3) is 0 Å². The van der Waals surface area contributed by atoms with Gasteiger partial charge in [0.1, 0.15) is 11.5 Å². The van der Waals surface area contributed by atoms with E-state index in [2.05, 4.69) is 13.8 Å². The first-order valence-electron chi connectivity index (χ1n) is 13.3. The van der Waals surface area contributed by atoms with Crippen LogP contribution in [0.1, 0.15) is 123 Å². The van der Waals surface area contributed by atoms with Crippen molar-refractivity contribution in [3.8, 4) is 11.5 Å². The molecule has 184 valence electrons. The second kappa shape index (κ2) is 13.9. The number of fused-ring (bicyclic) bond motifs is 2. The molecular weight excluding hydrogens is 424 g/mol. The van der Waals surface area contributed by atoms with Gasteiger partial charge in [-0.05, 0) is 49.2 Å². The van der Waals surface area contributed by atoms with Gasteiger partial charge in [-0.25, -0.2) is 0 Å². The molecule has 4 heteroatoms. The van der Waals surface area contributed by atoms with Gasteiger partial charge in [0.2, 0.25) is 0 Å². The number of ether oxygens (including phenoxy) is 2. The number of ketones is 2. The quantitative estimate of drug-likeness (QED) is 0.202. The molecule has 0 spiro atoms. The molecular formula is C30H40O4. The van der Waals surface area contributed by atoms with Crippen molar-refractivity contribution in [1.82, 2.24) is 0 Å². The Morgan fingerprint density at radius 1 is 0.500 bits per heavy atom. The fraction of sp³-hybridized carbons (Fsp3) is 0.533. The minimum Gasteiger partial charge on any atom is -0.494 e. The molecule has 0 aliphatic heterocycles. The van der Waals surface area contributed by atoms with Gasteiger partial charge < -0.3 is 9.47 Å². The van der Waals surface area contributed by atoms with E-state index in [0.717, 1.165) is 25.7 Å². The largest absolute Gasteiger partial charge is 0.494 e. The second-order valence-electron chi connectivity index (χ2n) is 9.31. The number of rotatable bonds is 16. The summed E-state index contributed by atoms with van der Waals surface area (Å²) in [6.07, 6.45) is 14.4. The normalized spacial score (nSPS) is 12.4. The molecule has 0 amide bonds. The van der Waals surface area contributed by atoms with Gasteiger partial charge in [0.15, 0.2) is 11.6 Å². The maximum absolute atomic E-state index is 13.1. The minimum absolute atomic E-state index is 0.128. The molecule has 0 saturated carbocycles. The Hall–Kier alpha value is -2.62. The Morgan fingerprint density at radius 2 is 0.882 bits per heavy atom. The molecule has 0 atom stereocenters. The molecule has 0 bridgehead atoms. The topological polar surface area (TPSA) is 52.6 Å². The van der Waals surface area contributed by atoms with E-state index in [4.69, 9.17) is 9.47 Å². The molecule has 0 heterocycles. The highest BCUT2D eigenvalue weighted by molar-refractivity contribution is 6.28. The van der Waals surface area contributed by atoms with Crippen molar-refractivity contribution < 1.29 is 19.1 Å². The van der Waals surface area contributed by atoms with Crippen LogP contribution >= 0.6 is 0 Å².